The van der Waals surface area contributed by atoms with Crippen LogP contribution < -0.4 is 5.32 Å². The van der Waals surface area contributed by atoms with Crippen molar-refractivity contribution in [2.24, 2.45) is 0 Å². The van der Waals surface area contributed by atoms with E-state index in [4.69, 9.17) is 11.6 Å². The van der Waals surface area contributed by atoms with Gasteiger partial charge in [0.25, 0.3) is 0 Å². The Balaban J connectivity index is 4.81. The highest BCUT2D eigenvalue weighted by molar-refractivity contribution is 6.28. The van der Waals surface area contributed by atoms with Crippen LogP contribution in [-0.4, -0.2) is 49.4 Å². The fraction of sp³-hybridized carbons (Fsp3) is 0.800. The van der Waals surface area contributed by atoms with Crippen LogP contribution in [0.5, 0.6) is 0 Å². The number of nitrogens with one attached hydrogen (secondary N) is 1. The zero-order valence-electron chi connectivity index (χ0n) is 10.4. The summed E-state index contributed by atoms with van der Waals surface area (Å²) in [5.41, 5.74) is 0. The summed E-state index contributed by atoms with van der Waals surface area (Å²) in [6, 6.07) is -1.51. The van der Waals surface area contributed by atoms with E-state index in [1.165, 1.54) is 12.4 Å². The van der Waals surface area contributed by atoms with Crippen molar-refractivity contribution in [1.29, 1.82) is 0 Å². The Bertz CT molecular complexity index is 348. The lowest BCUT2D eigenvalue weighted by atomic mass is 10.1. The molecule has 4 nitrogen and oxygen atoms in total. The molecule has 1 atom stereocenters. The van der Waals surface area contributed by atoms with Gasteiger partial charge in [0.1, 0.15) is 0 Å². The molecule has 0 aliphatic carbocycles. The van der Waals surface area contributed by atoms with Crippen molar-refractivity contribution in [2.75, 3.05) is 19.6 Å². The molecule has 20 heavy (non-hydrogen) atoms. The second-order valence-corrected chi connectivity index (χ2v) is 4.10. The number of ketones is 1. The SMILES string of the molecule is COCCCC(NC(=O)C(F)(F)C(F)(F)F)C(=O)CCl. The Hall–Kier alpha value is -0.960. The molecule has 1 unspecified atom stereocenters. The summed E-state index contributed by atoms with van der Waals surface area (Å²) in [5.74, 6) is -9.62. The molecule has 0 fully saturated rings. The fourth-order valence-electron chi connectivity index (χ4n) is 1.22. The van der Waals surface area contributed by atoms with Crippen molar-refractivity contribution in [2.45, 2.75) is 31.0 Å². The normalized spacial score (nSPS) is 13.9. The number of carbonyl (C=O) groups excluding carboxylic acids is 2. The molecular formula is C10H13ClF5NO3. The van der Waals surface area contributed by atoms with Gasteiger partial charge in [-0.2, -0.15) is 22.0 Å². The number of Topliss-reactive ketones (excluding diaryl/α,β-unsaturated/α-hetero) is 1. The first kappa shape index (κ1) is 19.0. The molecule has 0 aliphatic rings. The highest BCUT2D eigenvalue weighted by Crippen LogP contribution is 2.35. The Morgan fingerprint density at radius 2 is 1.80 bits per heavy atom. The molecule has 0 aromatic rings. The van der Waals surface area contributed by atoms with Crippen LogP contribution in [0.2, 0.25) is 0 Å². The molecular weight excluding hydrogens is 313 g/mol. The minimum absolute atomic E-state index is 0.150. The number of hydrogen-bond donors (Lipinski definition) is 1. The molecule has 0 heterocycles. The first-order chi connectivity index (χ1) is 9.07. The molecule has 0 radical (unpaired) electrons. The number of hydrogen-bond acceptors (Lipinski definition) is 3. The molecule has 1 amide bonds. The van der Waals surface area contributed by atoms with Crippen molar-refractivity contribution in [3.8, 4) is 0 Å². The topological polar surface area (TPSA) is 55.4 Å². The number of carbonyl (C=O) groups is 2. The summed E-state index contributed by atoms with van der Waals surface area (Å²) in [6.45, 7) is 0.150. The average Bonchev–Trinajstić information content (AvgIpc) is 2.35. The molecule has 0 saturated carbocycles. The monoisotopic (exact) mass is 325 g/mol. The maximum atomic E-state index is 12.7. The van der Waals surface area contributed by atoms with E-state index in [1.54, 1.807) is 0 Å². The van der Waals surface area contributed by atoms with Gasteiger partial charge < -0.3 is 10.1 Å². The number of amides is 1. The van der Waals surface area contributed by atoms with Gasteiger partial charge in [-0.05, 0) is 12.8 Å². The van der Waals surface area contributed by atoms with Crippen LogP contribution in [0.4, 0.5) is 22.0 Å². The van der Waals surface area contributed by atoms with Crippen molar-refractivity contribution in [3.63, 3.8) is 0 Å². The lowest BCUT2D eigenvalue weighted by molar-refractivity contribution is -0.270. The van der Waals surface area contributed by atoms with E-state index >= 15 is 0 Å². The van der Waals surface area contributed by atoms with Crippen LogP contribution in [0.15, 0.2) is 0 Å². The lowest BCUT2D eigenvalue weighted by Gasteiger charge is -2.22. The molecule has 0 saturated heterocycles. The molecule has 0 aliphatic heterocycles. The van der Waals surface area contributed by atoms with Crippen LogP contribution in [0.1, 0.15) is 12.8 Å². The van der Waals surface area contributed by atoms with E-state index in [0.717, 1.165) is 0 Å². The predicted molar refractivity (Wildman–Crippen MR) is 59.8 cm³/mol. The molecule has 10 heteroatoms. The van der Waals surface area contributed by atoms with Gasteiger partial charge in [-0.1, -0.05) is 0 Å². The second-order valence-electron chi connectivity index (χ2n) is 3.83. The van der Waals surface area contributed by atoms with Gasteiger partial charge in [0, 0.05) is 13.7 Å². The third kappa shape index (κ3) is 5.20. The van der Waals surface area contributed by atoms with E-state index in [-0.39, 0.29) is 19.4 Å². The average molecular weight is 326 g/mol. The minimum atomic E-state index is -6.03. The predicted octanol–water partition coefficient (Wildman–Crippen LogP) is 1.90. The first-order valence-corrected chi connectivity index (χ1v) is 5.94. The number of halogens is 6. The molecule has 0 bridgehead atoms. The van der Waals surface area contributed by atoms with Crippen LogP contribution in [0.3, 0.4) is 0 Å². The van der Waals surface area contributed by atoms with E-state index in [2.05, 4.69) is 4.74 Å². The minimum Gasteiger partial charge on any atom is -0.385 e. The number of ether oxygens (including phenoxy) is 1. The van der Waals surface area contributed by atoms with Crippen molar-refractivity contribution >= 4 is 23.3 Å². The molecule has 0 rings (SSSR count). The molecule has 0 aromatic carbocycles. The van der Waals surface area contributed by atoms with E-state index < -0.39 is 35.7 Å². The Morgan fingerprint density at radius 1 is 1.25 bits per heavy atom. The smallest absolute Gasteiger partial charge is 0.385 e. The Labute approximate surface area is 116 Å². The zero-order valence-corrected chi connectivity index (χ0v) is 11.2. The lowest BCUT2D eigenvalue weighted by Crippen LogP contribution is -2.54. The number of rotatable bonds is 8. The summed E-state index contributed by atoms with van der Waals surface area (Å²) in [5, 5.41) is 1.37. The fourth-order valence-corrected chi connectivity index (χ4v) is 1.40. The van der Waals surface area contributed by atoms with Crippen molar-refractivity contribution in [1.82, 2.24) is 5.32 Å². The largest absolute Gasteiger partial charge is 0.463 e. The third-order valence-electron chi connectivity index (χ3n) is 2.31. The van der Waals surface area contributed by atoms with Gasteiger partial charge in [-0.25, -0.2) is 0 Å². The van der Waals surface area contributed by atoms with Crippen molar-refractivity contribution in [3.05, 3.63) is 0 Å². The summed E-state index contributed by atoms with van der Waals surface area (Å²) in [6.07, 6.45) is -6.00. The van der Waals surface area contributed by atoms with Gasteiger partial charge in [-0.3, -0.25) is 9.59 Å². The van der Waals surface area contributed by atoms with E-state index in [0.29, 0.717) is 0 Å². The molecule has 118 valence electrons. The zero-order chi connectivity index (χ0) is 16.0. The molecule has 0 spiro atoms. The number of methoxy groups -OCH3 is 1. The van der Waals surface area contributed by atoms with Crippen molar-refractivity contribution < 1.29 is 36.3 Å². The molecule has 0 aromatic heterocycles. The van der Waals surface area contributed by atoms with E-state index in [1.807, 2.05) is 0 Å². The Kier molecular flexibility index (Phi) is 7.35. The highest BCUT2D eigenvalue weighted by Gasteiger charge is 2.63. The van der Waals surface area contributed by atoms with Gasteiger partial charge in [0.15, 0.2) is 5.78 Å². The second kappa shape index (κ2) is 7.72. The summed E-state index contributed by atoms with van der Waals surface area (Å²) in [7, 11) is 1.34. The van der Waals surface area contributed by atoms with Gasteiger partial charge in [-0.15, -0.1) is 11.6 Å². The standard InChI is InChI=1S/C10H13ClF5NO3/c1-20-4-2-3-6(7(18)5-11)17-8(19)9(12,13)10(14,15)16/h6H,2-5H2,1H3,(H,17,19). The van der Waals surface area contributed by atoms with Crippen LogP contribution in [0.25, 0.3) is 0 Å². The van der Waals surface area contributed by atoms with Gasteiger partial charge >= 0.3 is 18.0 Å². The summed E-state index contributed by atoms with van der Waals surface area (Å²) in [4.78, 5) is 22.3. The van der Waals surface area contributed by atoms with Gasteiger partial charge in [0.05, 0.1) is 11.9 Å². The third-order valence-corrected chi connectivity index (χ3v) is 2.57. The van der Waals surface area contributed by atoms with Gasteiger partial charge in [0.2, 0.25) is 0 Å². The maximum absolute atomic E-state index is 12.7. The maximum Gasteiger partial charge on any atom is 0.463 e. The summed E-state index contributed by atoms with van der Waals surface area (Å²) >= 11 is 5.21. The number of alkyl halides is 6. The van der Waals surface area contributed by atoms with Crippen LogP contribution in [-0.2, 0) is 14.3 Å². The Morgan fingerprint density at radius 3 is 2.20 bits per heavy atom. The quantitative estimate of drug-likeness (QED) is 0.421. The summed E-state index contributed by atoms with van der Waals surface area (Å²) < 4.78 is 66.1. The first-order valence-electron chi connectivity index (χ1n) is 5.41. The molecule has 1 N–H and O–H groups in total. The highest BCUT2D eigenvalue weighted by atomic mass is 35.5. The van der Waals surface area contributed by atoms with E-state index in [9.17, 15) is 31.5 Å². The van der Waals surface area contributed by atoms with Crippen LogP contribution >= 0.6 is 11.6 Å². The van der Waals surface area contributed by atoms with Crippen LogP contribution in [0, 0.1) is 0 Å².